The van der Waals surface area contributed by atoms with Gasteiger partial charge in [0.1, 0.15) is 0 Å². The average molecular weight is 473 g/mol. The molecular weight excluding hydrogens is 452 g/mol. The Morgan fingerprint density at radius 3 is 2.42 bits per heavy atom. The number of thioether (sulfide) groups is 1. The second kappa shape index (κ2) is 9.30. The molecule has 0 aliphatic carbocycles. The van der Waals surface area contributed by atoms with Crippen LogP contribution in [0.2, 0.25) is 5.02 Å². The van der Waals surface area contributed by atoms with Gasteiger partial charge in [0, 0.05) is 40.8 Å². The molecule has 4 nitrogen and oxygen atoms in total. The molecule has 0 saturated carbocycles. The molecule has 3 aromatic carbocycles. The summed E-state index contributed by atoms with van der Waals surface area (Å²) in [6.07, 6.45) is 4.49. The maximum absolute atomic E-state index is 13.0. The van der Waals surface area contributed by atoms with E-state index >= 15 is 0 Å². The van der Waals surface area contributed by atoms with Crippen molar-refractivity contribution in [3.8, 4) is 0 Å². The fourth-order valence-electron chi connectivity index (χ4n) is 4.05. The molecular formula is C27H21ClN2O2S. The van der Waals surface area contributed by atoms with Crippen molar-refractivity contribution >= 4 is 51.5 Å². The highest BCUT2D eigenvalue weighted by Crippen LogP contribution is 2.34. The molecule has 0 N–H and O–H groups in total. The van der Waals surface area contributed by atoms with Crippen molar-refractivity contribution in [2.75, 3.05) is 6.54 Å². The van der Waals surface area contributed by atoms with E-state index in [1.807, 2.05) is 85.1 Å². The van der Waals surface area contributed by atoms with Gasteiger partial charge in [-0.25, -0.2) is 0 Å². The highest BCUT2D eigenvalue weighted by atomic mass is 35.5. The van der Waals surface area contributed by atoms with E-state index in [1.165, 1.54) is 4.90 Å². The van der Waals surface area contributed by atoms with Crippen molar-refractivity contribution in [3.05, 3.63) is 112 Å². The van der Waals surface area contributed by atoms with Crippen LogP contribution in [0.25, 0.3) is 17.0 Å². The van der Waals surface area contributed by atoms with E-state index in [0.29, 0.717) is 24.4 Å². The number of imide groups is 1. The fraction of sp³-hybridized carbons (Fsp3) is 0.111. The molecule has 1 aromatic heterocycles. The van der Waals surface area contributed by atoms with Crippen LogP contribution in [0, 0.1) is 0 Å². The van der Waals surface area contributed by atoms with Gasteiger partial charge in [-0.3, -0.25) is 14.5 Å². The molecule has 5 rings (SSSR count). The number of carbonyl (C=O) groups excluding carboxylic acids is 2. The van der Waals surface area contributed by atoms with Gasteiger partial charge in [-0.2, -0.15) is 0 Å². The fourth-order valence-corrected chi connectivity index (χ4v) is 5.10. The van der Waals surface area contributed by atoms with E-state index in [4.69, 9.17) is 11.6 Å². The van der Waals surface area contributed by atoms with Crippen molar-refractivity contribution in [2.45, 2.75) is 13.0 Å². The monoisotopic (exact) mass is 472 g/mol. The summed E-state index contributed by atoms with van der Waals surface area (Å²) in [5.41, 5.74) is 4.08. The summed E-state index contributed by atoms with van der Waals surface area (Å²) >= 11 is 7.38. The Kier molecular flexibility index (Phi) is 6.07. The van der Waals surface area contributed by atoms with Gasteiger partial charge in [0.2, 0.25) is 0 Å². The highest BCUT2D eigenvalue weighted by molar-refractivity contribution is 8.18. The zero-order valence-corrected chi connectivity index (χ0v) is 19.4. The van der Waals surface area contributed by atoms with E-state index < -0.39 is 0 Å². The SMILES string of the molecule is O=C1S/C(=C/c2cn(Cc3ccccc3Cl)c3ccccc23)C(=O)N1CCc1ccccc1. The zero-order valence-electron chi connectivity index (χ0n) is 17.8. The summed E-state index contributed by atoms with van der Waals surface area (Å²) in [5, 5.41) is 1.53. The van der Waals surface area contributed by atoms with Crippen LogP contribution in [0.15, 0.2) is 90.0 Å². The summed E-state index contributed by atoms with van der Waals surface area (Å²) in [7, 11) is 0. The number of rotatable bonds is 6. The molecule has 2 heterocycles. The summed E-state index contributed by atoms with van der Waals surface area (Å²) in [6.45, 7) is 0.993. The minimum Gasteiger partial charge on any atom is -0.342 e. The molecule has 0 atom stereocenters. The summed E-state index contributed by atoms with van der Waals surface area (Å²) in [4.78, 5) is 27.4. The van der Waals surface area contributed by atoms with Crippen LogP contribution in [0.3, 0.4) is 0 Å². The molecule has 0 bridgehead atoms. The van der Waals surface area contributed by atoms with E-state index in [9.17, 15) is 9.59 Å². The molecule has 1 fully saturated rings. The van der Waals surface area contributed by atoms with Gasteiger partial charge < -0.3 is 4.57 Å². The van der Waals surface area contributed by atoms with Crippen molar-refractivity contribution in [1.29, 1.82) is 0 Å². The van der Waals surface area contributed by atoms with E-state index in [2.05, 4.69) is 10.6 Å². The number of halogens is 1. The minimum absolute atomic E-state index is 0.220. The third-order valence-corrected chi connectivity index (χ3v) is 7.02. The lowest BCUT2D eigenvalue weighted by Crippen LogP contribution is -2.30. The second-order valence-electron chi connectivity index (χ2n) is 7.89. The maximum Gasteiger partial charge on any atom is 0.293 e. The number of benzene rings is 3. The van der Waals surface area contributed by atoms with Crippen LogP contribution in [0.4, 0.5) is 4.79 Å². The summed E-state index contributed by atoms with van der Waals surface area (Å²) in [6, 6.07) is 25.7. The largest absolute Gasteiger partial charge is 0.342 e. The first-order valence-electron chi connectivity index (χ1n) is 10.7. The number of carbonyl (C=O) groups is 2. The van der Waals surface area contributed by atoms with Gasteiger partial charge in [-0.05, 0) is 47.5 Å². The Morgan fingerprint density at radius 2 is 1.61 bits per heavy atom. The molecule has 1 saturated heterocycles. The van der Waals surface area contributed by atoms with Gasteiger partial charge in [-0.1, -0.05) is 78.3 Å². The second-order valence-corrected chi connectivity index (χ2v) is 9.29. The van der Waals surface area contributed by atoms with E-state index in [1.54, 1.807) is 0 Å². The van der Waals surface area contributed by atoms with Crippen molar-refractivity contribution in [1.82, 2.24) is 9.47 Å². The summed E-state index contributed by atoms with van der Waals surface area (Å²) in [5.74, 6) is -0.233. The molecule has 164 valence electrons. The number of nitrogens with zero attached hydrogens (tertiary/aromatic N) is 2. The van der Waals surface area contributed by atoms with Gasteiger partial charge >= 0.3 is 0 Å². The highest BCUT2D eigenvalue weighted by Gasteiger charge is 2.34. The van der Waals surface area contributed by atoms with Crippen LogP contribution < -0.4 is 0 Å². The molecule has 0 unspecified atom stereocenters. The lowest BCUT2D eigenvalue weighted by molar-refractivity contribution is -0.122. The zero-order chi connectivity index (χ0) is 22.8. The Morgan fingerprint density at radius 1 is 0.879 bits per heavy atom. The smallest absolute Gasteiger partial charge is 0.293 e. The normalized spacial score (nSPS) is 15.2. The molecule has 6 heteroatoms. The third-order valence-electron chi connectivity index (χ3n) is 5.75. The first-order valence-corrected chi connectivity index (χ1v) is 11.9. The van der Waals surface area contributed by atoms with Crippen LogP contribution >= 0.6 is 23.4 Å². The quantitative estimate of drug-likeness (QED) is 0.296. The first kappa shape index (κ1) is 21.6. The number of hydrogen-bond acceptors (Lipinski definition) is 3. The molecule has 33 heavy (non-hydrogen) atoms. The van der Waals surface area contributed by atoms with Gasteiger partial charge in [0.05, 0.1) is 4.91 Å². The van der Waals surface area contributed by atoms with Crippen LogP contribution in [0.1, 0.15) is 16.7 Å². The van der Waals surface area contributed by atoms with Crippen LogP contribution in [-0.4, -0.2) is 27.2 Å². The number of aromatic nitrogens is 1. The standard InChI is InChI=1S/C27H21ClN2O2S/c28-23-12-6-4-10-20(23)17-29-18-21(22-11-5-7-13-24(22)29)16-25-26(31)30(27(32)33-25)15-14-19-8-2-1-3-9-19/h1-13,16,18H,14-15,17H2/b25-16+. The Hall–Kier alpha value is -3.28. The average Bonchev–Trinajstić information content (AvgIpc) is 3.31. The first-order chi connectivity index (χ1) is 16.1. The van der Waals surface area contributed by atoms with Crippen molar-refractivity contribution in [3.63, 3.8) is 0 Å². The van der Waals surface area contributed by atoms with Gasteiger partial charge in [-0.15, -0.1) is 0 Å². The number of hydrogen-bond donors (Lipinski definition) is 0. The predicted octanol–water partition coefficient (Wildman–Crippen LogP) is 6.62. The molecule has 4 aromatic rings. The van der Waals surface area contributed by atoms with Gasteiger partial charge in [0.25, 0.3) is 11.1 Å². The van der Waals surface area contributed by atoms with Gasteiger partial charge in [0.15, 0.2) is 0 Å². The third kappa shape index (κ3) is 4.47. The lowest BCUT2D eigenvalue weighted by atomic mass is 10.1. The Bertz CT molecular complexity index is 1380. The number of fused-ring (bicyclic) bond motifs is 1. The van der Waals surface area contributed by atoms with Crippen LogP contribution in [0.5, 0.6) is 0 Å². The molecule has 1 aliphatic rings. The van der Waals surface area contributed by atoms with Crippen molar-refractivity contribution in [2.24, 2.45) is 0 Å². The maximum atomic E-state index is 13.0. The minimum atomic E-state index is -0.233. The Balaban J connectivity index is 1.42. The number of amides is 2. The predicted molar refractivity (Wildman–Crippen MR) is 135 cm³/mol. The Labute approximate surface area is 201 Å². The van der Waals surface area contributed by atoms with Crippen molar-refractivity contribution < 1.29 is 9.59 Å². The molecule has 0 spiro atoms. The van der Waals surface area contributed by atoms with E-state index in [-0.39, 0.29) is 11.1 Å². The van der Waals surface area contributed by atoms with Crippen LogP contribution in [-0.2, 0) is 17.8 Å². The lowest BCUT2D eigenvalue weighted by Gasteiger charge is -2.12. The molecule has 0 radical (unpaired) electrons. The van der Waals surface area contributed by atoms with E-state index in [0.717, 1.165) is 44.4 Å². The topological polar surface area (TPSA) is 42.3 Å². The molecule has 2 amide bonds. The molecule has 1 aliphatic heterocycles. The summed E-state index contributed by atoms with van der Waals surface area (Å²) < 4.78 is 2.13. The number of para-hydroxylation sites is 1.